The van der Waals surface area contributed by atoms with Gasteiger partial charge in [-0.2, -0.15) is 0 Å². The van der Waals surface area contributed by atoms with Gasteiger partial charge in [-0.1, -0.05) is 6.07 Å². The predicted molar refractivity (Wildman–Crippen MR) is 81.8 cm³/mol. The smallest absolute Gasteiger partial charge is 0.126 e. The second kappa shape index (κ2) is 6.52. The predicted octanol–water partition coefficient (Wildman–Crippen LogP) is 1.01. The second-order valence-corrected chi connectivity index (χ2v) is 6.13. The van der Waals surface area contributed by atoms with Gasteiger partial charge >= 0.3 is 0 Å². The lowest BCUT2D eigenvalue weighted by Crippen LogP contribution is -2.50. The zero-order chi connectivity index (χ0) is 14.6. The van der Waals surface area contributed by atoms with E-state index in [1.54, 1.807) is 0 Å². The summed E-state index contributed by atoms with van der Waals surface area (Å²) in [4.78, 5) is 9.30. The van der Waals surface area contributed by atoms with Gasteiger partial charge in [0.15, 0.2) is 0 Å². The zero-order valence-electron chi connectivity index (χ0n) is 12.8. The largest absolute Gasteiger partial charge is 0.389 e. The topological polar surface area (TPSA) is 51.6 Å². The maximum Gasteiger partial charge on any atom is 0.126 e. The van der Waals surface area contributed by atoms with Crippen LogP contribution in [0.1, 0.15) is 19.5 Å². The highest BCUT2D eigenvalue weighted by Gasteiger charge is 2.22. The molecule has 5 heteroatoms. The Balaban J connectivity index is 1.82. The van der Waals surface area contributed by atoms with E-state index in [9.17, 15) is 5.11 Å². The molecule has 1 aliphatic rings. The number of hydrogen-bond donors (Lipinski definition) is 2. The number of β-amino-alcohol motifs (C(OH)–C–C–N with tert-alkyl or cyclic N) is 1. The number of aromatic nitrogens is 1. The normalized spacial score (nSPS) is 18.2. The molecule has 0 aromatic carbocycles. The van der Waals surface area contributed by atoms with Gasteiger partial charge in [0, 0.05) is 46.3 Å². The van der Waals surface area contributed by atoms with Crippen molar-refractivity contribution < 1.29 is 5.11 Å². The molecule has 0 atom stereocenters. The Morgan fingerprint density at radius 2 is 1.85 bits per heavy atom. The molecule has 2 rings (SSSR count). The van der Waals surface area contributed by atoms with Crippen LogP contribution in [0.25, 0.3) is 0 Å². The molecule has 1 saturated heterocycles. The number of anilines is 1. The molecule has 0 unspecified atom stereocenters. The third-order valence-corrected chi connectivity index (χ3v) is 3.52. The van der Waals surface area contributed by atoms with Crippen LogP contribution in [0, 0.1) is 0 Å². The minimum atomic E-state index is -0.606. The Bertz CT molecular complexity index is 422. The Morgan fingerprint density at radius 3 is 2.45 bits per heavy atom. The molecule has 1 aromatic heterocycles. The summed E-state index contributed by atoms with van der Waals surface area (Å²) in [5.74, 6) is 0.920. The molecular formula is C15H26N4O. The van der Waals surface area contributed by atoms with Gasteiger partial charge in [0.2, 0.25) is 0 Å². The Hall–Kier alpha value is -1.17. The average molecular weight is 278 g/mol. The monoisotopic (exact) mass is 278 g/mol. The summed E-state index contributed by atoms with van der Waals surface area (Å²) in [5, 5.41) is 12.9. The minimum absolute atomic E-state index is 0.606. The van der Waals surface area contributed by atoms with Crippen LogP contribution in [-0.2, 0) is 6.54 Å². The molecule has 0 amide bonds. The average Bonchev–Trinajstić information content (AvgIpc) is 2.40. The van der Waals surface area contributed by atoms with Crippen molar-refractivity contribution in [3.8, 4) is 0 Å². The number of piperazine rings is 1. The molecule has 1 fully saturated rings. The molecule has 2 N–H and O–H groups in total. The van der Waals surface area contributed by atoms with E-state index in [4.69, 9.17) is 0 Å². The van der Waals surface area contributed by atoms with Crippen molar-refractivity contribution in [3.05, 3.63) is 23.9 Å². The van der Waals surface area contributed by atoms with E-state index in [2.05, 4.69) is 26.2 Å². The highest BCUT2D eigenvalue weighted by Crippen LogP contribution is 2.12. The molecule has 1 aliphatic heterocycles. The first-order chi connectivity index (χ1) is 9.46. The fourth-order valence-electron chi connectivity index (χ4n) is 2.59. The molecule has 0 bridgehead atoms. The fourth-order valence-corrected chi connectivity index (χ4v) is 2.59. The first-order valence-corrected chi connectivity index (χ1v) is 7.27. The number of hydrogen-bond acceptors (Lipinski definition) is 5. The summed E-state index contributed by atoms with van der Waals surface area (Å²) in [6.45, 7) is 9.45. The summed E-state index contributed by atoms with van der Waals surface area (Å²) in [6, 6.07) is 6.09. The molecule has 0 aliphatic carbocycles. The summed E-state index contributed by atoms with van der Waals surface area (Å²) >= 11 is 0. The Labute approximate surface area is 121 Å². The third kappa shape index (κ3) is 4.74. The first-order valence-electron chi connectivity index (χ1n) is 7.27. The summed E-state index contributed by atoms with van der Waals surface area (Å²) < 4.78 is 0. The van der Waals surface area contributed by atoms with Gasteiger partial charge < -0.3 is 10.4 Å². The highest BCUT2D eigenvalue weighted by atomic mass is 16.3. The maximum atomic E-state index is 9.86. The van der Waals surface area contributed by atoms with E-state index < -0.39 is 5.60 Å². The van der Waals surface area contributed by atoms with Crippen molar-refractivity contribution in [1.82, 2.24) is 14.8 Å². The van der Waals surface area contributed by atoms with E-state index in [0.29, 0.717) is 0 Å². The van der Waals surface area contributed by atoms with Crippen molar-refractivity contribution in [2.45, 2.75) is 26.0 Å². The van der Waals surface area contributed by atoms with Crippen LogP contribution >= 0.6 is 0 Å². The highest BCUT2D eigenvalue weighted by molar-refractivity contribution is 5.34. The molecule has 5 nitrogen and oxygen atoms in total. The summed E-state index contributed by atoms with van der Waals surface area (Å²) in [5.41, 5.74) is 0.498. The first kappa shape index (κ1) is 15.2. The van der Waals surface area contributed by atoms with Crippen LogP contribution in [0.3, 0.4) is 0 Å². The zero-order valence-corrected chi connectivity index (χ0v) is 12.8. The van der Waals surface area contributed by atoms with Crippen LogP contribution < -0.4 is 5.32 Å². The SMILES string of the molecule is CNc1cccc(CN2CCN(CC(C)(C)O)CC2)n1. The number of rotatable bonds is 5. The fraction of sp³-hybridized carbons (Fsp3) is 0.667. The van der Waals surface area contributed by atoms with Gasteiger partial charge in [-0.15, -0.1) is 0 Å². The quantitative estimate of drug-likeness (QED) is 0.842. The van der Waals surface area contributed by atoms with Crippen LogP contribution in [0.2, 0.25) is 0 Å². The molecule has 20 heavy (non-hydrogen) atoms. The van der Waals surface area contributed by atoms with E-state index in [0.717, 1.165) is 50.8 Å². The second-order valence-electron chi connectivity index (χ2n) is 6.13. The molecule has 2 heterocycles. The van der Waals surface area contributed by atoms with Crippen molar-refractivity contribution in [2.75, 3.05) is 45.1 Å². The summed E-state index contributed by atoms with van der Waals surface area (Å²) in [7, 11) is 1.89. The lowest BCUT2D eigenvalue weighted by atomic mass is 10.1. The van der Waals surface area contributed by atoms with E-state index in [1.807, 2.05) is 33.0 Å². The van der Waals surface area contributed by atoms with Gasteiger partial charge in [-0.25, -0.2) is 4.98 Å². The standard InChI is InChI=1S/C15H26N4O/c1-15(2,20)12-19-9-7-18(8-10-19)11-13-5-4-6-14(16-3)17-13/h4-6,20H,7-12H2,1-3H3,(H,16,17). The van der Waals surface area contributed by atoms with Crippen LogP contribution in [-0.4, -0.2) is 65.3 Å². The third-order valence-electron chi connectivity index (χ3n) is 3.52. The van der Waals surface area contributed by atoms with E-state index in [1.165, 1.54) is 0 Å². The molecule has 0 saturated carbocycles. The number of nitrogens with one attached hydrogen (secondary N) is 1. The number of nitrogens with zero attached hydrogens (tertiary/aromatic N) is 3. The molecule has 0 radical (unpaired) electrons. The number of aliphatic hydroxyl groups is 1. The Kier molecular flexibility index (Phi) is 4.96. The van der Waals surface area contributed by atoms with Gasteiger partial charge in [0.25, 0.3) is 0 Å². The van der Waals surface area contributed by atoms with Crippen LogP contribution in [0.15, 0.2) is 18.2 Å². The molecule has 112 valence electrons. The lowest BCUT2D eigenvalue weighted by Gasteiger charge is -2.37. The van der Waals surface area contributed by atoms with Crippen LogP contribution in [0.5, 0.6) is 0 Å². The Morgan fingerprint density at radius 1 is 1.20 bits per heavy atom. The minimum Gasteiger partial charge on any atom is -0.389 e. The number of pyridine rings is 1. The molecule has 0 spiro atoms. The molecule has 1 aromatic rings. The van der Waals surface area contributed by atoms with Gasteiger partial charge in [0.1, 0.15) is 5.82 Å². The van der Waals surface area contributed by atoms with Crippen molar-refractivity contribution in [1.29, 1.82) is 0 Å². The van der Waals surface area contributed by atoms with Crippen molar-refractivity contribution in [3.63, 3.8) is 0 Å². The van der Waals surface area contributed by atoms with Crippen LogP contribution in [0.4, 0.5) is 5.82 Å². The lowest BCUT2D eigenvalue weighted by molar-refractivity contribution is 0.0165. The van der Waals surface area contributed by atoms with Gasteiger partial charge in [-0.05, 0) is 26.0 Å². The molecular weight excluding hydrogens is 252 g/mol. The summed E-state index contributed by atoms with van der Waals surface area (Å²) in [6.07, 6.45) is 0. The maximum absolute atomic E-state index is 9.86. The van der Waals surface area contributed by atoms with Crippen molar-refractivity contribution in [2.24, 2.45) is 0 Å². The van der Waals surface area contributed by atoms with Gasteiger partial charge in [0.05, 0.1) is 11.3 Å². The van der Waals surface area contributed by atoms with E-state index in [-0.39, 0.29) is 0 Å². The van der Waals surface area contributed by atoms with Gasteiger partial charge in [-0.3, -0.25) is 9.80 Å². The van der Waals surface area contributed by atoms with E-state index >= 15 is 0 Å². The van der Waals surface area contributed by atoms with Crippen molar-refractivity contribution >= 4 is 5.82 Å².